The van der Waals surface area contributed by atoms with Crippen molar-refractivity contribution in [1.29, 1.82) is 0 Å². The first kappa shape index (κ1) is 25.1. The SMILES string of the molecule is CC[Si](CC)(CC)O[C@H](C)C1C(=O)N2C(C=O)=C(CN3CC[C@H](NCC(N)=O)C3)[C@H](C)[C@H]12. The minimum absolute atomic E-state index is 0.0105. The number of allylic oxidation sites excluding steroid dienone is 1. The van der Waals surface area contributed by atoms with Crippen molar-refractivity contribution in [2.45, 2.75) is 77.4 Å². The molecule has 3 rings (SSSR count). The normalized spacial score (nSPS) is 29.3. The number of hydrogen-bond donors (Lipinski definition) is 2. The number of nitrogens with zero attached hydrogens (tertiary/aromatic N) is 2. The largest absolute Gasteiger partial charge is 0.413 e. The third-order valence-electron chi connectivity index (χ3n) is 8.06. The lowest BCUT2D eigenvalue weighted by atomic mass is 9.77. The number of fused-ring (bicyclic) bond motifs is 1. The summed E-state index contributed by atoms with van der Waals surface area (Å²) in [4.78, 5) is 40.2. The van der Waals surface area contributed by atoms with Gasteiger partial charge in [-0.15, -0.1) is 0 Å². The van der Waals surface area contributed by atoms with Crippen molar-refractivity contribution in [3.05, 3.63) is 11.3 Å². The number of β-lactam (4-membered cyclic amide) rings is 1. The Labute approximate surface area is 193 Å². The van der Waals surface area contributed by atoms with Gasteiger partial charge in [0.05, 0.1) is 30.3 Å². The summed E-state index contributed by atoms with van der Waals surface area (Å²) < 4.78 is 6.64. The molecule has 2 saturated heterocycles. The van der Waals surface area contributed by atoms with Gasteiger partial charge >= 0.3 is 0 Å². The van der Waals surface area contributed by atoms with E-state index in [1.54, 1.807) is 4.90 Å². The highest BCUT2D eigenvalue weighted by Gasteiger charge is 2.59. The quantitative estimate of drug-likeness (QED) is 0.257. The second kappa shape index (κ2) is 10.2. The van der Waals surface area contributed by atoms with Crippen molar-refractivity contribution in [3.8, 4) is 0 Å². The third kappa shape index (κ3) is 4.57. The molecule has 9 heteroatoms. The van der Waals surface area contributed by atoms with E-state index in [9.17, 15) is 14.4 Å². The molecule has 180 valence electrons. The van der Waals surface area contributed by atoms with Gasteiger partial charge in [-0.05, 0) is 37.0 Å². The highest BCUT2D eigenvalue weighted by Crippen LogP contribution is 2.47. The van der Waals surface area contributed by atoms with E-state index >= 15 is 0 Å². The maximum atomic E-state index is 13.1. The van der Waals surface area contributed by atoms with Gasteiger partial charge in [0.25, 0.3) is 0 Å². The van der Waals surface area contributed by atoms with E-state index in [-0.39, 0.29) is 48.4 Å². The van der Waals surface area contributed by atoms with Crippen molar-refractivity contribution < 1.29 is 18.8 Å². The van der Waals surface area contributed by atoms with Crippen LogP contribution in [0.3, 0.4) is 0 Å². The van der Waals surface area contributed by atoms with Crippen LogP contribution in [0, 0.1) is 11.8 Å². The van der Waals surface area contributed by atoms with E-state index < -0.39 is 8.32 Å². The van der Waals surface area contributed by atoms with Crippen molar-refractivity contribution in [2.24, 2.45) is 17.6 Å². The fraction of sp³-hybridized carbons (Fsp3) is 0.783. The molecular formula is C23H40N4O4Si. The van der Waals surface area contributed by atoms with Crippen LogP contribution in [-0.2, 0) is 18.8 Å². The van der Waals surface area contributed by atoms with Crippen LogP contribution in [0.4, 0.5) is 0 Å². The molecule has 0 aliphatic carbocycles. The first-order valence-corrected chi connectivity index (χ1v) is 14.7. The molecule has 0 radical (unpaired) electrons. The molecule has 8 nitrogen and oxygen atoms in total. The third-order valence-corrected chi connectivity index (χ3v) is 12.8. The molecule has 0 aromatic carbocycles. The summed E-state index contributed by atoms with van der Waals surface area (Å²) in [6, 6.07) is 3.39. The first-order valence-electron chi connectivity index (χ1n) is 12.1. The van der Waals surface area contributed by atoms with Gasteiger partial charge in [-0.1, -0.05) is 27.7 Å². The van der Waals surface area contributed by atoms with E-state index in [0.29, 0.717) is 12.2 Å². The monoisotopic (exact) mass is 464 g/mol. The van der Waals surface area contributed by atoms with Crippen molar-refractivity contribution in [3.63, 3.8) is 0 Å². The Morgan fingerprint density at radius 1 is 1.31 bits per heavy atom. The predicted octanol–water partition coefficient (Wildman–Crippen LogP) is 1.48. The number of primary amides is 1. The van der Waals surface area contributed by atoms with Crippen LogP contribution in [0.2, 0.25) is 18.1 Å². The number of hydrogen-bond acceptors (Lipinski definition) is 6. The molecule has 0 aromatic heterocycles. The van der Waals surface area contributed by atoms with Gasteiger partial charge in [0, 0.05) is 31.6 Å². The fourth-order valence-electron chi connectivity index (χ4n) is 5.87. The van der Waals surface area contributed by atoms with Gasteiger partial charge in [-0.25, -0.2) is 0 Å². The molecule has 2 fully saturated rings. The van der Waals surface area contributed by atoms with Crippen LogP contribution in [0.5, 0.6) is 0 Å². The summed E-state index contributed by atoms with van der Waals surface area (Å²) in [6.07, 6.45) is 1.66. The minimum Gasteiger partial charge on any atom is -0.413 e. The zero-order valence-electron chi connectivity index (χ0n) is 20.2. The molecule has 32 heavy (non-hydrogen) atoms. The zero-order valence-corrected chi connectivity index (χ0v) is 21.2. The Kier molecular flexibility index (Phi) is 7.96. The molecular weight excluding hydrogens is 424 g/mol. The molecule has 1 unspecified atom stereocenters. The first-order chi connectivity index (χ1) is 15.2. The van der Waals surface area contributed by atoms with Crippen LogP contribution >= 0.6 is 0 Å². The van der Waals surface area contributed by atoms with Gasteiger partial charge < -0.3 is 20.4 Å². The Morgan fingerprint density at radius 3 is 2.53 bits per heavy atom. The summed E-state index contributed by atoms with van der Waals surface area (Å²) in [5.74, 6) is -0.384. The lowest BCUT2D eigenvalue weighted by molar-refractivity contribution is -0.159. The topological polar surface area (TPSA) is 105 Å². The second-order valence-corrected chi connectivity index (χ2v) is 14.4. The standard InChI is InChI=1S/C23H40N4O4Si/c1-6-32(7-2,8-3)31-16(5)21-22-15(4)18(19(14-28)27(22)23(21)30)13-26-10-9-17(12-26)25-11-20(24)29/h14-17,21-22,25H,6-13H2,1-5H3,(H2,24,29)/t15-,16+,17-,21?,22+/m0/s1. The van der Waals surface area contributed by atoms with E-state index in [1.807, 2.05) is 6.92 Å². The van der Waals surface area contributed by atoms with Crippen LogP contribution in [0.25, 0.3) is 0 Å². The van der Waals surface area contributed by atoms with E-state index in [2.05, 4.69) is 37.9 Å². The average Bonchev–Trinajstić information content (AvgIpc) is 3.31. The Morgan fingerprint density at radius 2 is 1.97 bits per heavy atom. The summed E-state index contributed by atoms with van der Waals surface area (Å²) in [7, 11) is -1.82. The maximum Gasteiger partial charge on any atom is 0.235 e. The second-order valence-electron chi connectivity index (χ2n) is 9.68. The molecule has 2 amide bonds. The van der Waals surface area contributed by atoms with Crippen LogP contribution in [0.1, 0.15) is 41.0 Å². The summed E-state index contributed by atoms with van der Waals surface area (Å²) in [5.41, 5.74) is 6.84. The highest BCUT2D eigenvalue weighted by atomic mass is 28.4. The number of nitrogens with one attached hydrogen (secondary N) is 1. The van der Waals surface area contributed by atoms with Gasteiger partial charge in [0.15, 0.2) is 14.6 Å². The van der Waals surface area contributed by atoms with Crippen LogP contribution in [0.15, 0.2) is 11.3 Å². The Bertz CT molecular complexity index is 761. The number of likely N-dealkylation sites (tertiary alicyclic amines) is 1. The Balaban J connectivity index is 1.68. The molecule has 5 atom stereocenters. The molecule has 0 bridgehead atoms. The average molecular weight is 465 g/mol. The van der Waals surface area contributed by atoms with Crippen molar-refractivity contribution in [2.75, 3.05) is 26.2 Å². The summed E-state index contributed by atoms with van der Waals surface area (Å²) in [5, 5.41) is 3.19. The minimum atomic E-state index is -1.82. The summed E-state index contributed by atoms with van der Waals surface area (Å²) >= 11 is 0. The number of amides is 2. The lowest BCUT2D eigenvalue weighted by Crippen LogP contribution is -2.64. The van der Waals surface area contributed by atoms with Gasteiger partial charge in [-0.2, -0.15) is 0 Å². The fourth-order valence-corrected chi connectivity index (χ4v) is 8.81. The molecule has 0 spiro atoms. The molecule has 3 aliphatic rings. The Hall–Kier alpha value is -1.55. The zero-order chi connectivity index (χ0) is 23.6. The smallest absolute Gasteiger partial charge is 0.235 e. The van der Waals surface area contributed by atoms with E-state index in [1.165, 1.54) is 0 Å². The number of rotatable bonds is 12. The molecule has 0 saturated carbocycles. The number of nitrogens with two attached hydrogens (primary N) is 1. The van der Waals surface area contributed by atoms with Crippen molar-refractivity contribution >= 4 is 26.4 Å². The van der Waals surface area contributed by atoms with Gasteiger partial charge in [0.2, 0.25) is 11.8 Å². The summed E-state index contributed by atoms with van der Waals surface area (Å²) in [6.45, 7) is 13.3. The molecule has 0 aromatic rings. The van der Waals surface area contributed by atoms with Gasteiger partial charge in [0.1, 0.15) is 0 Å². The van der Waals surface area contributed by atoms with Crippen LogP contribution in [-0.4, -0.2) is 80.6 Å². The number of carbonyl (C=O) groups excluding carboxylic acids is 3. The molecule has 3 aliphatic heterocycles. The van der Waals surface area contributed by atoms with Crippen molar-refractivity contribution in [1.82, 2.24) is 15.1 Å². The number of carbonyl (C=O) groups is 3. The van der Waals surface area contributed by atoms with Gasteiger partial charge in [-0.3, -0.25) is 19.3 Å². The maximum absolute atomic E-state index is 13.1. The highest BCUT2D eigenvalue weighted by molar-refractivity contribution is 6.73. The molecule has 3 N–H and O–H groups in total. The van der Waals surface area contributed by atoms with Crippen LogP contribution < -0.4 is 11.1 Å². The number of aldehydes is 1. The molecule has 3 heterocycles. The van der Waals surface area contributed by atoms with E-state index in [0.717, 1.165) is 49.5 Å². The van der Waals surface area contributed by atoms with E-state index in [4.69, 9.17) is 10.2 Å². The lowest BCUT2D eigenvalue weighted by Gasteiger charge is -2.49. The predicted molar refractivity (Wildman–Crippen MR) is 126 cm³/mol.